The lowest BCUT2D eigenvalue weighted by Gasteiger charge is -2.27. The Morgan fingerprint density at radius 1 is 1.21 bits per heavy atom. The molecule has 1 amide bonds. The number of fused-ring (bicyclic) bond motifs is 1. The number of carbonyl (C=O) groups is 1. The normalized spacial score (nSPS) is 15.0. The molecule has 0 unspecified atom stereocenters. The zero-order chi connectivity index (χ0) is 20.2. The summed E-state index contributed by atoms with van der Waals surface area (Å²) in [5, 5.41) is 0.875. The molecule has 4 rings (SSSR count). The van der Waals surface area contributed by atoms with Gasteiger partial charge in [0.2, 0.25) is 0 Å². The maximum atomic E-state index is 14.1. The van der Waals surface area contributed by atoms with Gasteiger partial charge in [-0.1, -0.05) is 41.1 Å². The van der Waals surface area contributed by atoms with Gasteiger partial charge in [0.1, 0.15) is 11.3 Å². The standard InChI is InChI=1S/C21H21ClFN3O2S/c22-16-6-2-1-5-15(16)20(27)26(10-4-9-25-11-13-28-14-12-25)21-24-19-17(23)7-3-8-18(19)29-21/h1-3,5-8H,4,9-14H2. The van der Waals surface area contributed by atoms with E-state index in [4.69, 9.17) is 16.3 Å². The maximum absolute atomic E-state index is 14.1. The molecule has 1 aromatic heterocycles. The van der Waals surface area contributed by atoms with E-state index in [1.165, 1.54) is 17.4 Å². The summed E-state index contributed by atoms with van der Waals surface area (Å²) in [5.74, 6) is -0.611. The fourth-order valence-corrected chi connectivity index (χ4v) is 4.58. The van der Waals surface area contributed by atoms with Gasteiger partial charge in [-0.2, -0.15) is 0 Å². The van der Waals surface area contributed by atoms with Gasteiger partial charge in [-0.15, -0.1) is 0 Å². The number of aromatic nitrogens is 1. The fourth-order valence-electron chi connectivity index (χ4n) is 3.36. The van der Waals surface area contributed by atoms with Crippen LogP contribution in [0.2, 0.25) is 5.02 Å². The number of thiazole rings is 1. The van der Waals surface area contributed by atoms with Crippen LogP contribution in [0.1, 0.15) is 16.8 Å². The van der Waals surface area contributed by atoms with E-state index >= 15 is 0 Å². The van der Waals surface area contributed by atoms with Gasteiger partial charge in [0.25, 0.3) is 5.91 Å². The van der Waals surface area contributed by atoms with Crippen LogP contribution in [0.25, 0.3) is 10.2 Å². The highest BCUT2D eigenvalue weighted by Crippen LogP contribution is 2.32. The summed E-state index contributed by atoms with van der Waals surface area (Å²) in [6.07, 6.45) is 0.772. The molecule has 2 aromatic carbocycles. The molecule has 29 heavy (non-hydrogen) atoms. The largest absolute Gasteiger partial charge is 0.379 e. The van der Waals surface area contributed by atoms with Crippen LogP contribution in [-0.2, 0) is 4.74 Å². The number of halogens is 2. The van der Waals surface area contributed by atoms with Crippen LogP contribution < -0.4 is 4.90 Å². The van der Waals surface area contributed by atoms with Crippen LogP contribution in [-0.4, -0.2) is 55.2 Å². The first-order chi connectivity index (χ1) is 14.1. The van der Waals surface area contributed by atoms with Gasteiger partial charge in [0.15, 0.2) is 5.13 Å². The van der Waals surface area contributed by atoms with Gasteiger partial charge in [-0.05, 0) is 30.7 Å². The number of nitrogens with zero attached hydrogens (tertiary/aromatic N) is 3. The minimum absolute atomic E-state index is 0.225. The molecule has 0 spiro atoms. The van der Waals surface area contributed by atoms with E-state index in [0.29, 0.717) is 27.0 Å². The highest BCUT2D eigenvalue weighted by atomic mass is 35.5. The lowest BCUT2D eigenvalue weighted by Crippen LogP contribution is -2.39. The van der Waals surface area contributed by atoms with Crippen LogP contribution in [0.15, 0.2) is 42.5 Å². The van der Waals surface area contributed by atoms with Gasteiger partial charge in [0, 0.05) is 26.2 Å². The number of carbonyl (C=O) groups excluding carboxylic acids is 1. The van der Waals surface area contributed by atoms with Gasteiger partial charge >= 0.3 is 0 Å². The summed E-state index contributed by atoms with van der Waals surface area (Å²) in [7, 11) is 0. The van der Waals surface area contributed by atoms with Crippen molar-refractivity contribution in [2.45, 2.75) is 6.42 Å². The summed E-state index contributed by atoms with van der Waals surface area (Å²) in [5.41, 5.74) is 0.706. The predicted molar refractivity (Wildman–Crippen MR) is 115 cm³/mol. The van der Waals surface area contributed by atoms with E-state index in [-0.39, 0.29) is 17.2 Å². The number of ether oxygens (including phenoxy) is 1. The highest BCUT2D eigenvalue weighted by molar-refractivity contribution is 7.22. The summed E-state index contributed by atoms with van der Waals surface area (Å²) < 4.78 is 20.2. The van der Waals surface area contributed by atoms with E-state index in [1.807, 2.05) is 6.07 Å². The van der Waals surface area contributed by atoms with E-state index in [9.17, 15) is 9.18 Å². The number of benzene rings is 2. The van der Waals surface area contributed by atoms with Crippen molar-refractivity contribution in [1.82, 2.24) is 9.88 Å². The van der Waals surface area contributed by atoms with Gasteiger partial charge in [-0.25, -0.2) is 9.37 Å². The SMILES string of the molecule is O=C(c1ccccc1Cl)N(CCCN1CCOCC1)c1nc2c(F)cccc2s1. The molecule has 8 heteroatoms. The molecule has 0 aliphatic carbocycles. The Morgan fingerprint density at radius 3 is 2.76 bits per heavy atom. The molecule has 0 radical (unpaired) electrons. The van der Waals surface area contributed by atoms with Crippen molar-refractivity contribution in [1.29, 1.82) is 0 Å². The Bertz CT molecular complexity index is 1010. The molecule has 0 bridgehead atoms. The van der Waals surface area contributed by atoms with Crippen molar-refractivity contribution in [3.63, 3.8) is 0 Å². The summed E-state index contributed by atoms with van der Waals surface area (Å²) in [4.78, 5) is 21.7. The van der Waals surface area contributed by atoms with Crippen molar-refractivity contribution < 1.29 is 13.9 Å². The Kier molecular flexibility index (Phi) is 6.40. The number of morpholine rings is 1. The van der Waals surface area contributed by atoms with Crippen molar-refractivity contribution in [2.75, 3.05) is 44.3 Å². The Hall–Kier alpha value is -2.06. The second-order valence-corrected chi connectivity index (χ2v) is 8.24. The predicted octanol–water partition coefficient (Wildman–Crippen LogP) is 4.46. The van der Waals surface area contributed by atoms with E-state index in [2.05, 4.69) is 9.88 Å². The van der Waals surface area contributed by atoms with E-state index in [1.54, 1.807) is 35.2 Å². The number of anilines is 1. The van der Waals surface area contributed by atoms with Crippen LogP contribution in [0.3, 0.4) is 0 Å². The number of amides is 1. The molecule has 5 nitrogen and oxygen atoms in total. The molecule has 0 saturated carbocycles. The lowest BCUT2D eigenvalue weighted by atomic mass is 10.2. The third-order valence-electron chi connectivity index (χ3n) is 4.90. The molecule has 1 fully saturated rings. The summed E-state index contributed by atoms with van der Waals surface area (Å²) in [6.45, 7) is 4.59. The first kappa shape index (κ1) is 20.2. The second kappa shape index (κ2) is 9.17. The Labute approximate surface area is 177 Å². The number of hydrogen-bond donors (Lipinski definition) is 0. The molecular formula is C21H21ClFN3O2S. The second-order valence-electron chi connectivity index (χ2n) is 6.83. The monoisotopic (exact) mass is 433 g/mol. The molecular weight excluding hydrogens is 413 g/mol. The minimum Gasteiger partial charge on any atom is -0.379 e. The first-order valence-corrected chi connectivity index (χ1v) is 10.7. The molecule has 1 saturated heterocycles. The smallest absolute Gasteiger partial charge is 0.261 e. The molecule has 1 aliphatic heterocycles. The van der Waals surface area contributed by atoms with Gasteiger partial charge in [-0.3, -0.25) is 14.6 Å². The molecule has 152 valence electrons. The fraction of sp³-hybridized carbons (Fsp3) is 0.333. The highest BCUT2D eigenvalue weighted by Gasteiger charge is 2.24. The minimum atomic E-state index is -0.386. The average molecular weight is 434 g/mol. The molecule has 0 atom stereocenters. The summed E-state index contributed by atoms with van der Waals surface area (Å²) >= 11 is 7.58. The van der Waals surface area contributed by atoms with Gasteiger partial charge in [0.05, 0.1) is 28.5 Å². The molecule has 1 aliphatic rings. The quantitative estimate of drug-likeness (QED) is 0.575. The maximum Gasteiger partial charge on any atom is 0.261 e. The van der Waals surface area contributed by atoms with Crippen molar-refractivity contribution in [3.05, 3.63) is 58.9 Å². The number of rotatable bonds is 6. The first-order valence-electron chi connectivity index (χ1n) is 9.55. The summed E-state index contributed by atoms with van der Waals surface area (Å²) in [6, 6.07) is 11.8. The number of hydrogen-bond acceptors (Lipinski definition) is 5. The molecule has 3 aromatic rings. The van der Waals surface area contributed by atoms with Crippen LogP contribution in [0.5, 0.6) is 0 Å². The van der Waals surface area contributed by atoms with E-state index < -0.39 is 0 Å². The third-order valence-corrected chi connectivity index (χ3v) is 6.27. The van der Waals surface area contributed by atoms with Crippen LogP contribution >= 0.6 is 22.9 Å². The third kappa shape index (κ3) is 4.59. The zero-order valence-corrected chi connectivity index (χ0v) is 17.4. The van der Waals surface area contributed by atoms with Crippen molar-refractivity contribution in [2.24, 2.45) is 0 Å². The molecule has 0 N–H and O–H groups in total. The topological polar surface area (TPSA) is 45.7 Å². The average Bonchev–Trinajstić information content (AvgIpc) is 3.17. The van der Waals surface area contributed by atoms with Crippen LogP contribution in [0, 0.1) is 5.82 Å². The van der Waals surface area contributed by atoms with Crippen LogP contribution in [0.4, 0.5) is 9.52 Å². The molecule has 2 heterocycles. The Balaban J connectivity index is 1.59. The van der Waals surface area contributed by atoms with Gasteiger partial charge < -0.3 is 4.74 Å². The van der Waals surface area contributed by atoms with E-state index in [0.717, 1.165) is 39.3 Å². The number of para-hydroxylation sites is 1. The van der Waals surface area contributed by atoms with Crippen molar-refractivity contribution in [3.8, 4) is 0 Å². The van der Waals surface area contributed by atoms with Crippen molar-refractivity contribution >= 4 is 44.2 Å². The lowest BCUT2D eigenvalue weighted by molar-refractivity contribution is 0.0376. The zero-order valence-electron chi connectivity index (χ0n) is 15.8. The Morgan fingerprint density at radius 2 is 2.00 bits per heavy atom.